The van der Waals surface area contributed by atoms with Crippen LogP contribution < -0.4 is 0 Å². The van der Waals surface area contributed by atoms with Gasteiger partial charge in [-0.15, -0.1) is 11.7 Å². The average molecular weight is 367 g/mol. The van der Waals surface area contributed by atoms with E-state index in [1.54, 1.807) is 29.3 Å². The lowest BCUT2D eigenvalue weighted by atomic mass is 10.1. The van der Waals surface area contributed by atoms with Crippen LogP contribution in [0.1, 0.15) is 11.1 Å². The number of halogens is 1. The lowest BCUT2D eigenvalue weighted by Crippen LogP contribution is -2.32. The Labute approximate surface area is 156 Å². The molecule has 1 unspecified atom stereocenters. The SMILES string of the molecule is C=CCN1C(=O)C(Cc2ccc(F)cc2)SC1=NN=Cc1ccccc1. The van der Waals surface area contributed by atoms with Crippen molar-refractivity contribution in [3.05, 3.63) is 84.2 Å². The molecule has 6 heteroatoms. The van der Waals surface area contributed by atoms with Gasteiger partial charge in [-0.3, -0.25) is 9.69 Å². The lowest BCUT2D eigenvalue weighted by Gasteiger charge is -2.12. The molecule has 0 aromatic heterocycles. The van der Waals surface area contributed by atoms with Gasteiger partial charge in [-0.05, 0) is 29.7 Å². The Bertz CT molecular complexity index is 834. The molecule has 1 fully saturated rings. The molecule has 1 amide bonds. The van der Waals surface area contributed by atoms with Crippen LogP contribution in [0, 0.1) is 5.82 Å². The van der Waals surface area contributed by atoms with E-state index in [1.165, 1.54) is 23.9 Å². The van der Waals surface area contributed by atoms with Crippen molar-refractivity contribution in [1.29, 1.82) is 0 Å². The van der Waals surface area contributed by atoms with E-state index in [2.05, 4.69) is 16.8 Å². The zero-order valence-electron chi connectivity index (χ0n) is 14.1. The first-order valence-electron chi connectivity index (χ1n) is 8.17. The third-order valence-electron chi connectivity index (χ3n) is 3.82. The number of carbonyl (C=O) groups is 1. The summed E-state index contributed by atoms with van der Waals surface area (Å²) < 4.78 is 13.1. The number of benzene rings is 2. The first kappa shape index (κ1) is 18.1. The molecular weight excluding hydrogens is 349 g/mol. The molecule has 1 aliphatic rings. The Balaban J connectivity index is 1.75. The summed E-state index contributed by atoms with van der Waals surface area (Å²) in [6, 6.07) is 15.8. The monoisotopic (exact) mass is 367 g/mol. The number of thioether (sulfide) groups is 1. The predicted octanol–water partition coefficient (Wildman–Crippen LogP) is 3.89. The molecule has 0 N–H and O–H groups in total. The average Bonchev–Trinajstić information content (AvgIpc) is 2.94. The Hall–Kier alpha value is -2.73. The second-order valence-electron chi connectivity index (χ2n) is 5.71. The smallest absolute Gasteiger partial charge is 0.242 e. The van der Waals surface area contributed by atoms with Crippen molar-refractivity contribution in [3.63, 3.8) is 0 Å². The molecule has 1 aliphatic heterocycles. The van der Waals surface area contributed by atoms with Gasteiger partial charge in [0.15, 0.2) is 5.17 Å². The van der Waals surface area contributed by atoms with Gasteiger partial charge in [0, 0.05) is 6.54 Å². The van der Waals surface area contributed by atoms with Crippen molar-refractivity contribution in [2.75, 3.05) is 6.54 Å². The molecule has 0 aliphatic carbocycles. The fourth-order valence-electron chi connectivity index (χ4n) is 2.53. The highest BCUT2D eigenvalue weighted by molar-refractivity contribution is 8.15. The number of carbonyl (C=O) groups excluding carboxylic acids is 1. The van der Waals surface area contributed by atoms with Crippen molar-refractivity contribution in [3.8, 4) is 0 Å². The summed E-state index contributed by atoms with van der Waals surface area (Å²) in [5.74, 6) is -0.321. The molecule has 3 rings (SSSR count). The van der Waals surface area contributed by atoms with Gasteiger partial charge in [-0.25, -0.2) is 4.39 Å². The highest BCUT2D eigenvalue weighted by Crippen LogP contribution is 2.30. The zero-order valence-corrected chi connectivity index (χ0v) is 14.9. The van der Waals surface area contributed by atoms with Crippen LogP contribution in [0.25, 0.3) is 0 Å². The molecule has 0 spiro atoms. The summed E-state index contributed by atoms with van der Waals surface area (Å²) in [6.45, 7) is 4.08. The molecule has 1 saturated heterocycles. The molecule has 0 radical (unpaired) electrons. The fraction of sp³-hybridized carbons (Fsp3) is 0.150. The number of hydrogen-bond acceptors (Lipinski definition) is 4. The van der Waals surface area contributed by atoms with E-state index in [0.29, 0.717) is 18.1 Å². The first-order chi connectivity index (χ1) is 12.7. The van der Waals surface area contributed by atoms with Crippen LogP contribution in [-0.4, -0.2) is 34.0 Å². The van der Waals surface area contributed by atoms with E-state index >= 15 is 0 Å². The quantitative estimate of drug-likeness (QED) is 0.442. The molecule has 4 nitrogen and oxygen atoms in total. The van der Waals surface area contributed by atoms with Crippen LogP contribution >= 0.6 is 11.8 Å². The summed E-state index contributed by atoms with van der Waals surface area (Å²) in [6.07, 6.45) is 3.82. The van der Waals surface area contributed by atoms with E-state index < -0.39 is 0 Å². The number of amides is 1. The molecule has 0 saturated carbocycles. The van der Waals surface area contributed by atoms with Crippen LogP contribution in [-0.2, 0) is 11.2 Å². The van der Waals surface area contributed by atoms with Gasteiger partial charge >= 0.3 is 0 Å². The summed E-state index contributed by atoms with van der Waals surface area (Å²) in [5.41, 5.74) is 1.84. The maximum absolute atomic E-state index is 13.1. The third-order valence-corrected chi connectivity index (χ3v) is 4.98. The van der Waals surface area contributed by atoms with E-state index in [9.17, 15) is 9.18 Å². The van der Waals surface area contributed by atoms with Crippen LogP contribution in [0.2, 0.25) is 0 Å². The molecule has 1 atom stereocenters. The highest BCUT2D eigenvalue weighted by Gasteiger charge is 2.37. The summed E-state index contributed by atoms with van der Waals surface area (Å²) in [7, 11) is 0. The maximum atomic E-state index is 13.1. The van der Waals surface area contributed by atoms with Gasteiger partial charge in [-0.2, -0.15) is 5.10 Å². The van der Waals surface area contributed by atoms with Gasteiger partial charge in [0.05, 0.1) is 11.5 Å². The minimum absolute atomic E-state index is 0.0344. The van der Waals surface area contributed by atoms with E-state index in [0.717, 1.165) is 11.1 Å². The van der Waals surface area contributed by atoms with Crippen molar-refractivity contribution in [2.45, 2.75) is 11.7 Å². The van der Waals surface area contributed by atoms with E-state index in [1.807, 2.05) is 30.3 Å². The lowest BCUT2D eigenvalue weighted by molar-refractivity contribution is -0.125. The molecule has 2 aromatic rings. The Morgan fingerprint density at radius 1 is 1.15 bits per heavy atom. The normalized spacial score (nSPS) is 18.8. The Morgan fingerprint density at radius 3 is 2.58 bits per heavy atom. The summed E-state index contributed by atoms with van der Waals surface area (Å²) in [4.78, 5) is 14.2. The van der Waals surface area contributed by atoms with Crippen molar-refractivity contribution < 1.29 is 9.18 Å². The number of amidine groups is 1. The van der Waals surface area contributed by atoms with Gasteiger partial charge in [0.2, 0.25) is 5.91 Å². The van der Waals surface area contributed by atoms with E-state index in [-0.39, 0.29) is 17.0 Å². The number of nitrogens with zero attached hydrogens (tertiary/aromatic N) is 3. The zero-order chi connectivity index (χ0) is 18.4. The molecule has 2 aromatic carbocycles. The minimum Gasteiger partial charge on any atom is -0.285 e. The third kappa shape index (κ3) is 4.46. The van der Waals surface area contributed by atoms with Crippen molar-refractivity contribution >= 4 is 29.1 Å². The standard InChI is InChI=1S/C20H18FN3OS/c1-2-12-24-19(25)18(13-15-8-10-17(21)11-9-15)26-20(24)23-22-14-16-6-4-3-5-7-16/h2-11,14,18H,1,12-13H2. The van der Waals surface area contributed by atoms with Crippen molar-refractivity contribution in [1.82, 2.24) is 4.90 Å². The Morgan fingerprint density at radius 2 is 1.88 bits per heavy atom. The molecular formula is C20H18FN3OS. The fourth-order valence-corrected chi connectivity index (χ4v) is 3.68. The summed E-state index contributed by atoms with van der Waals surface area (Å²) >= 11 is 1.37. The van der Waals surface area contributed by atoms with Gasteiger partial charge in [-0.1, -0.05) is 60.3 Å². The van der Waals surface area contributed by atoms with Crippen LogP contribution in [0.15, 0.2) is 77.5 Å². The maximum Gasteiger partial charge on any atom is 0.242 e. The minimum atomic E-state index is -0.300. The second-order valence-corrected chi connectivity index (χ2v) is 6.88. The molecule has 132 valence electrons. The first-order valence-corrected chi connectivity index (χ1v) is 9.05. The predicted molar refractivity (Wildman–Crippen MR) is 105 cm³/mol. The molecule has 0 bridgehead atoms. The highest BCUT2D eigenvalue weighted by atomic mass is 32.2. The molecule has 26 heavy (non-hydrogen) atoms. The van der Waals surface area contributed by atoms with E-state index in [4.69, 9.17) is 0 Å². The van der Waals surface area contributed by atoms with Crippen LogP contribution in [0.3, 0.4) is 0 Å². The van der Waals surface area contributed by atoms with Gasteiger partial charge in [0.25, 0.3) is 0 Å². The Kier molecular flexibility index (Phi) is 5.96. The largest absolute Gasteiger partial charge is 0.285 e. The number of hydrogen-bond donors (Lipinski definition) is 0. The topological polar surface area (TPSA) is 45.0 Å². The number of rotatable bonds is 6. The van der Waals surface area contributed by atoms with Crippen LogP contribution in [0.4, 0.5) is 4.39 Å². The van der Waals surface area contributed by atoms with Crippen LogP contribution in [0.5, 0.6) is 0 Å². The molecule has 1 heterocycles. The van der Waals surface area contributed by atoms with Crippen molar-refractivity contribution in [2.24, 2.45) is 10.2 Å². The van der Waals surface area contributed by atoms with Gasteiger partial charge in [0.1, 0.15) is 5.82 Å². The van der Waals surface area contributed by atoms with Gasteiger partial charge < -0.3 is 0 Å². The summed E-state index contributed by atoms with van der Waals surface area (Å²) in [5, 5.41) is 8.58. The second kappa shape index (κ2) is 8.58.